The molecule has 1 heterocycles. The molecule has 0 amide bonds. The zero-order valence-electron chi connectivity index (χ0n) is 6.76. The van der Waals surface area contributed by atoms with Crippen LogP contribution in [0.4, 0.5) is 22.7 Å². The van der Waals surface area contributed by atoms with Gasteiger partial charge >= 0.3 is 0 Å². The van der Waals surface area contributed by atoms with Crippen LogP contribution < -0.4 is 0 Å². The normalized spacial score (nSPS) is 10.6. The van der Waals surface area contributed by atoms with E-state index in [4.69, 9.17) is 0 Å². The Kier molecular flexibility index (Phi) is 1.84. The Balaban J connectivity index is 2.72. The number of fused-ring (bicyclic) bond motifs is 2. The summed E-state index contributed by atoms with van der Waals surface area (Å²) in [7, 11) is 0. The van der Waals surface area contributed by atoms with Gasteiger partial charge in [0.05, 0.1) is 0 Å². The second-order valence-corrected chi connectivity index (χ2v) is 2.41. The van der Waals surface area contributed by atoms with Gasteiger partial charge < -0.3 is 0 Å². The minimum atomic E-state index is 0.288. The standard InChI is InChI=1S/C8H2N4O2/c13-3-9-5-1-2-6-7(10-4-14)8(5)12-11-6/h1-2H. The van der Waals surface area contributed by atoms with Crippen molar-refractivity contribution in [1.29, 1.82) is 0 Å². The van der Waals surface area contributed by atoms with Gasteiger partial charge in [0.2, 0.25) is 12.2 Å². The molecule has 0 unspecified atom stereocenters. The summed E-state index contributed by atoms with van der Waals surface area (Å²) in [6.45, 7) is 0. The van der Waals surface area contributed by atoms with E-state index in [0.717, 1.165) is 0 Å². The molecule has 0 N–H and O–H groups in total. The van der Waals surface area contributed by atoms with Crippen molar-refractivity contribution in [3.8, 4) is 0 Å². The predicted octanol–water partition coefficient (Wildman–Crippen LogP) is 2.35. The maximum atomic E-state index is 10.1. The molecule has 0 fully saturated rings. The lowest BCUT2D eigenvalue weighted by Gasteiger charge is -1.95. The van der Waals surface area contributed by atoms with Crippen LogP contribution in [0, 0.1) is 0 Å². The van der Waals surface area contributed by atoms with Crippen molar-refractivity contribution in [1.82, 2.24) is 0 Å². The highest BCUT2D eigenvalue weighted by Gasteiger charge is 2.17. The molecule has 1 aromatic carbocycles. The van der Waals surface area contributed by atoms with Crippen LogP contribution in [0.3, 0.4) is 0 Å². The summed E-state index contributed by atoms with van der Waals surface area (Å²) in [5, 5.41) is 7.45. The average molecular weight is 186 g/mol. The quantitative estimate of drug-likeness (QED) is 0.532. The van der Waals surface area contributed by atoms with Crippen molar-refractivity contribution in [2.45, 2.75) is 0 Å². The lowest BCUT2D eigenvalue weighted by Crippen LogP contribution is -1.67. The lowest BCUT2D eigenvalue weighted by atomic mass is 10.2. The van der Waals surface area contributed by atoms with E-state index >= 15 is 0 Å². The first kappa shape index (κ1) is 8.19. The molecule has 0 atom stereocenters. The third-order valence-corrected chi connectivity index (χ3v) is 1.69. The fourth-order valence-corrected chi connectivity index (χ4v) is 1.14. The Morgan fingerprint density at radius 2 is 1.86 bits per heavy atom. The molecule has 0 saturated heterocycles. The fraction of sp³-hybridized carbons (Fsp3) is 0. The zero-order valence-corrected chi connectivity index (χ0v) is 6.76. The third kappa shape index (κ3) is 1.08. The summed E-state index contributed by atoms with van der Waals surface area (Å²) in [6.07, 6.45) is 2.77. The Hall–Kier alpha value is -2.42. The van der Waals surface area contributed by atoms with Crippen LogP contribution >= 0.6 is 0 Å². The molecule has 0 radical (unpaired) electrons. The van der Waals surface area contributed by atoms with Crippen LogP contribution in [0.5, 0.6) is 0 Å². The molecule has 6 heteroatoms. The van der Waals surface area contributed by atoms with Crippen LogP contribution in [0.15, 0.2) is 32.3 Å². The molecule has 1 aromatic rings. The van der Waals surface area contributed by atoms with E-state index < -0.39 is 0 Å². The predicted molar refractivity (Wildman–Crippen MR) is 46.2 cm³/mol. The van der Waals surface area contributed by atoms with Gasteiger partial charge in [0.1, 0.15) is 22.7 Å². The van der Waals surface area contributed by atoms with Gasteiger partial charge in [-0.25, -0.2) is 9.59 Å². The highest BCUT2D eigenvalue weighted by atomic mass is 16.1. The van der Waals surface area contributed by atoms with E-state index in [1.807, 2.05) is 0 Å². The van der Waals surface area contributed by atoms with Crippen LogP contribution in [-0.2, 0) is 9.59 Å². The van der Waals surface area contributed by atoms with E-state index in [1.54, 1.807) is 12.1 Å². The molecule has 0 aromatic heterocycles. The van der Waals surface area contributed by atoms with E-state index in [1.165, 1.54) is 12.2 Å². The molecule has 6 nitrogen and oxygen atoms in total. The van der Waals surface area contributed by atoms with Gasteiger partial charge in [0.25, 0.3) is 0 Å². The van der Waals surface area contributed by atoms with Crippen LogP contribution in [0.1, 0.15) is 0 Å². The summed E-state index contributed by atoms with van der Waals surface area (Å²) in [4.78, 5) is 27.0. The number of carbonyl (C=O) groups excluding carboxylic acids is 2. The van der Waals surface area contributed by atoms with E-state index in [0.29, 0.717) is 17.1 Å². The maximum absolute atomic E-state index is 10.1. The molecule has 1 aliphatic rings. The molecular weight excluding hydrogens is 184 g/mol. The molecule has 0 saturated carbocycles. The SMILES string of the molecule is O=C=Nc1ccc2c(N=C=O)c1N=N2. The Morgan fingerprint density at radius 3 is 2.57 bits per heavy atom. The molecular formula is C8H2N4O2. The van der Waals surface area contributed by atoms with Gasteiger partial charge in [-0.05, 0) is 12.1 Å². The second kappa shape index (κ2) is 3.14. The van der Waals surface area contributed by atoms with Crippen molar-refractivity contribution < 1.29 is 9.59 Å². The summed E-state index contributed by atoms with van der Waals surface area (Å²) in [6, 6.07) is 3.12. The highest BCUT2D eigenvalue weighted by Crippen LogP contribution is 2.49. The second-order valence-electron chi connectivity index (χ2n) is 2.41. The molecule has 0 spiro atoms. The topological polar surface area (TPSA) is 83.6 Å². The lowest BCUT2D eigenvalue weighted by molar-refractivity contribution is 0.565. The maximum Gasteiger partial charge on any atom is 0.240 e. The molecule has 1 aliphatic heterocycles. The zero-order chi connectivity index (χ0) is 9.97. The number of aliphatic imine (C=N–C) groups is 2. The fourth-order valence-electron chi connectivity index (χ4n) is 1.14. The Bertz CT molecular complexity index is 522. The van der Waals surface area contributed by atoms with Crippen LogP contribution in [-0.4, -0.2) is 12.2 Å². The van der Waals surface area contributed by atoms with Crippen LogP contribution in [0.2, 0.25) is 0 Å². The Labute approximate surface area is 77.7 Å². The van der Waals surface area contributed by atoms with E-state index in [9.17, 15) is 9.59 Å². The van der Waals surface area contributed by atoms with Crippen molar-refractivity contribution >= 4 is 34.9 Å². The summed E-state index contributed by atoms with van der Waals surface area (Å²) in [5.41, 5.74) is 1.35. The number of hydrogen-bond donors (Lipinski definition) is 0. The van der Waals surface area contributed by atoms with Gasteiger partial charge in [0, 0.05) is 0 Å². The van der Waals surface area contributed by atoms with Crippen LogP contribution in [0.25, 0.3) is 0 Å². The minimum absolute atomic E-state index is 0.288. The minimum Gasteiger partial charge on any atom is -0.211 e. The molecule has 0 aliphatic carbocycles. The van der Waals surface area contributed by atoms with Crippen molar-refractivity contribution in [2.24, 2.45) is 20.2 Å². The Morgan fingerprint density at radius 1 is 1.07 bits per heavy atom. The van der Waals surface area contributed by atoms with Gasteiger partial charge in [-0.3, -0.25) is 0 Å². The smallest absolute Gasteiger partial charge is 0.211 e. The van der Waals surface area contributed by atoms with Gasteiger partial charge in [-0.15, -0.1) is 10.2 Å². The van der Waals surface area contributed by atoms with Gasteiger partial charge in [-0.1, -0.05) is 0 Å². The van der Waals surface area contributed by atoms with Crippen molar-refractivity contribution in [3.05, 3.63) is 12.1 Å². The molecule has 66 valence electrons. The molecule has 14 heavy (non-hydrogen) atoms. The van der Waals surface area contributed by atoms with E-state index in [-0.39, 0.29) is 5.69 Å². The highest BCUT2D eigenvalue weighted by molar-refractivity contribution is 5.88. The number of benzene rings is 1. The van der Waals surface area contributed by atoms with Gasteiger partial charge in [0.15, 0.2) is 0 Å². The first-order valence-electron chi connectivity index (χ1n) is 3.61. The third-order valence-electron chi connectivity index (χ3n) is 1.69. The average Bonchev–Trinajstić information content (AvgIpc) is 2.45. The largest absolute Gasteiger partial charge is 0.240 e. The van der Waals surface area contributed by atoms with Crippen molar-refractivity contribution in [3.63, 3.8) is 0 Å². The summed E-state index contributed by atoms with van der Waals surface area (Å²) < 4.78 is 0. The first-order chi connectivity index (χ1) is 6.86. The molecule has 2 rings (SSSR count). The monoisotopic (exact) mass is 186 g/mol. The summed E-state index contributed by atoms with van der Waals surface area (Å²) >= 11 is 0. The van der Waals surface area contributed by atoms with Crippen molar-refractivity contribution in [2.75, 3.05) is 0 Å². The summed E-state index contributed by atoms with van der Waals surface area (Å²) in [5.74, 6) is 0. The number of hydrogen-bond acceptors (Lipinski definition) is 6. The number of rotatable bonds is 2. The number of isocyanates is 2. The molecule has 2 bridgehead atoms. The van der Waals surface area contributed by atoms with Gasteiger partial charge in [-0.2, -0.15) is 9.98 Å². The van der Waals surface area contributed by atoms with E-state index in [2.05, 4.69) is 20.2 Å². The number of nitrogens with zero attached hydrogens (tertiary/aromatic N) is 4. The number of azo groups is 1. The first-order valence-corrected chi connectivity index (χ1v) is 3.61.